The summed E-state index contributed by atoms with van der Waals surface area (Å²) in [5.41, 5.74) is -0.396. The van der Waals surface area contributed by atoms with Gasteiger partial charge in [-0.3, -0.25) is 0 Å². The van der Waals surface area contributed by atoms with Crippen molar-refractivity contribution in [2.45, 2.75) is 68.6 Å². The maximum atomic E-state index is 11.6. The van der Waals surface area contributed by atoms with Gasteiger partial charge in [0.1, 0.15) is 5.60 Å². The van der Waals surface area contributed by atoms with Crippen molar-refractivity contribution in [3.05, 3.63) is 0 Å². The Balaban J connectivity index is 1.79. The zero-order chi connectivity index (χ0) is 11.8. The second-order valence-electron chi connectivity index (χ2n) is 5.77. The summed E-state index contributed by atoms with van der Waals surface area (Å²) >= 11 is 2.10. The highest BCUT2D eigenvalue weighted by molar-refractivity contribution is 8.00. The predicted octanol–water partition coefficient (Wildman–Crippen LogP) is 2.94. The highest BCUT2D eigenvalue weighted by Crippen LogP contribution is 2.43. The molecule has 2 unspecified atom stereocenters. The van der Waals surface area contributed by atoms with Crippen molar-refractivity contribution in [2.24, 2.45) is 0 Å². The Morgan fingerprint density at radius 3 is 2.31 bits per heavy atom. The Hall–Kier alpha value is -0.380. The minimum atomic E-state index is -0.396. The maximum absolute atomic E-state index is 11.6. The molecular formula is C12H21NO2S. The first-order chi connectivity index (χ1) is 7.42. The van der Waals surface area contributed by atoms with Crippen LogP contribution < -0.4 is 5.32 Å². The summed E-state index contributed by atoms with van der Waals surface area (Å²) < 4.78 is 5.27. The minimum Gasteiger partial charge on any atom is -0.444 e. The third-order valence-corrected chi connectivity index (χ3v) is 4.64. The van der Waals surface area contributed by atoms with Crippen LogP contribution in [0.2, 0.25) is 0 Å². The molecule has 3 nitrogen and oxygen atoms in total. The first-order valence-electron chi connectivity index (χ1n) is 6.07. The molecule has 0 aliphatic carbocycles. The summed E-state index contributed by atoms with van der Waals surface area (Å²) in [4.78, 5) is 11.6. The van der Waals surface area contributed by atoms with Crippen molar-refractivity contribution < 1.29 is 9.53 Å². The normalized spacial score (nSPS) is 33.6. The molecule has 2 rings (SSSR count). The summed E-state index contributed by atoms with van der Waals surface area (Å²) in [6.07, 6.45) is 4.61. The van der Waals surface area contributed by atoms with Crippen LogP contribution in [-0.2, 0) is 4.74 Å². The fourth-order valence-electron chi connectivity index (χ4n) is 2.45. The quantitative estimate of drug-likeness (QED) is 0.769. The van der Waals surface area contributed by atoms with E-state index in [4.69, 9.17) is 4.74 Å². The van der Waals surface area contributed by atoms with Gasteiger partial charge in [0.05, 0.1) is 0 Å². The van der Waals surface area contributed by atoms with Crippen LogP contribution in [0.1, 0.15) is 46.5 Å². The minimum absolute atomic E-state index is 0.260. The van der Waals surface area contributed by atoms with E-state index in [1.807, 2.05) is 20.8 Å². The molecule has 4 heteroatoms. The van der Waals surface area contributed by atoms with Crippen molar-refractivity contribution in [2.75, 3.05) is 0 Å². The van der Waals surface area contributed by atoms with Crippen LogP contribution in [0.4, 0.5) is 4.79 Å². The van der Waals surface area contributed by atoms with Gasteiger partial charge in [0.25, 0.3) is 0 Å². The van der Waals surface area contributed by atoms with E-state index >= 15 is 0 Å². The standard InChI is InChI=1S/C12H21NO2S/c1-12(2,3)15-11(14)13-8-6-9-4-5-10(7-8)16-9/h8-10H,4-7H2,1-3H3,(H,13,14). The molecule has 16 heavy (non-hydrogen) atoms. The molecule has 2 saturated heterocycles. The molecule has 1 N–H and O–H groups in total. The number of rotatable bonds is 1. The molecule has 0 aromatic heterocycles. The van der Waals surface area contributed by atoms with Crippen LogP contribution in [0.5, 0.6) is 0 Å². The average Bonchev–Trinajstić information content (AvgIpc) is 2.42. The summed E-state index contributed by atoms with van der Waals surface area (Å²) in [5, 5.41) is 4.53. The predicted molar refractivity (Wildman–Crippen MR) is 66.8 cm³/mol. The molecule has 92 valence electrons. The smallest absolute Gasteiger partial charge is 0.407 e. The number of hydrogen-bond donors (Lipinski definition) is 1. The molecular weight excluding hydrogens is 222 g/mol. The highest BCUT2D eigenvalue weighted by atomic mass is 32.2. The topological polar surface area (TPSA) is 38.3 Å². The van der Waals surface area contributed by atoms with E-state index in [1.54, 1.807) is 0 Å². The van der Waals surface area contributed by atoms with Crippen LogP contribution in [0.3, 0.4) is 0 Å². The van der Waals surface area contributed by atoms with Gasteiger partial charge < -0.3 is 10.1 Å². The lowest BCUT2D eigenvalue weighted by Crippen LogP contribution is -2.42. The van der Waals surface area contributed by atoms with E-state index in [9.17, 15) is 4.79 Å². The van der Waals surface area contributed by atoms with Crippen LogP contribution in [0, 0.1) is 0 Å². The van der Waals surface area contributed by atoms with Crippen molar-refractivity contribution >= 4 is 17.9 Å². The zero-order valence-corrected chi connectivity index (χ0v) is 11.1. The molecule has 2 bridgehead atoms. The first kappa shape index (κ1) is 12.1. The second kappa shape index (κ2) is 4.47. The molecule has 2 atom stereocenters. The van der Waals surface area contributed by atoms with E-state index in [2.05, 4.69) is 17.1 Å². The van der Waals surface area contributed by atoms with Gasteiger partial charge in [-0.2, -0.15) is 11.8 Å². The van der Waals surface area contributed by atoms with E-state index in [1.165, 1.54) is 12.8 Å². The van der Waals surface area contributed by atoms with Crippen LogP contribution in [0.15, 0.2) is 0 Å². The van der Waals surface area contributed by atoms with Crippen molar-refractivity contribution in [3.63, 3.8) is 0 Å². The largest absolute Gasteiger partial charge is 0.444 e. The molecule has 2 aliphatic rings. The number of carbonyl (C=O) groups is 1. The van der Waals surface area contributed by atoms with Crippen LogP contribution >= 0.6 is 11.8 Å². The first-order valence-corrected chi connectivity index (χ1v) is 7.01. The molecule has 2 aliphatic heterocycles. The Morgan fingerprint density at radius 1 is 1.25 bits per heavy atom. The Morgan fingerprint density at radius 2 is 1.81 bits per heavy atom. The average molecular weight is 243 g/mol. The highest BCUT2D eigenvalue weighted by Gasteiger charge is 2.35. The summed E-state index contributed by atoms with van der Waals surface area (Å²) in [6.45, 7) is 5.69. The lowest BCUT2D eigenvalue weighted by molar-refractivity contribution is 0.0499. The number of nitrogens with one attached hydrogen (secondary N) is 1. The van der Waals surface area contributed by atoms with Gasteiger partial charge in [-0.15, -0.1) is 0 Å². The van der Waals surface area contributed by atoms with E-state index in [-0.39, 0.29) is 6.09 Å². The fourth-order valence-corrected chi connectivity index (χ4v) is 4.23. The Kier molecular flexibility index (Phi) is 3.38. The number of amides is 1. The van der Waals surface area contributed by atoms with E-state index in [0.29, 0.717) is 6.04 Å². The number of alkyl carbamates (subject to hydrolysis) is 1. The summed E-state index contributed by atoms with van der Waals surface area (Å²) in [6, 6.07) is 0.327. The van der Waals surface area contributed by atoms with Gasteiger partial charge in [-0.1, -0.05) is 0 Å². The van der Waals surface area contributed by atoms with Gasteiger partial charge >= 0.3 is 6.09 Å². The number of ether oxygens (including phenoxy) is 1. The second-order valence-corrected chi connectivity index (χ2v) is 7.38. The molecule has 0 aromatic rings. The third-order valence-electron chi connectivity index (χ3n) is 3.01. The summed E-state index contributed by atoms with van der Waals surface area (Å²) in [5.74, 6) is 0. The zero-order valence-electron chi connectivity index (χ0n) is 10.3. The van der Waals surface area contributed by atoms with Gasteiger partial charge in [-0.05, 0) is 46.5 Å². The number of carbonyl (C=O) groups excluding carboxylic acids is 1. The van der Waals surface area contributed by atoms with Crippen LogP contribution in [-0.4, -0.2) is 28.2 Å². The molecule has 2 heterocycles. The fraction of sp³-hybridized carbons (Fsp3) is 0.917. The molecule has 1 amide bonds. The summed E-state index contributed by atoms with van der Waals surface area (Å²) in [7, 11) is 0. The Labute approximate surface area is 102 Å². The lowest BCUT2D eigenvalue weighted by atomic mass is 10.1. The molecule has 0 aromatic carbocycles. The van der Waals surface area contributed by atoms with E-state index < -0.39 is 5.60 Å². The third kappa shape index (κ3) is 3.30. The van der Waals surface area contributed by atoms with Gasteiger partial charge in [-0.25, -0.2) is 4.79 Å². The van der Waals surface area contributed by atoms with Crippen LogP contribution in [0.25, 0.3) is 0 Å². The number of hydrogen-bond acceptors (Lipinski definition) is 3. The van der Waals surface area contributed by atoms with Gasteiger partial charge in [0.2, 0.25) is 0 Å². The Bertz CT molecular complexity index is 263. The molecule has 2 fully saturated rings. The monoisotopic (exact) mass is 243 g/mol. The van der Waals surface area contributed by atoms with Crippen molar-refractivity contribution in [1.82, 2.24) is 5.32 Å². The maximum Gasteiger partial charge on any atom is 0.407 e. The van der Waals surface area contributed by atoms with Gasteiger partial charge in [0.15, 0.2) is 0 Å². The molecule has 0 radical (unpaired) electrons. The van der Waals surface area contributed by atoms with Gasteiger partial charge in [0, 0.05) is 16.5 Å². The SMILES string of the molecule is CC(C)(C)OC(=O)NC1CC2CCC(C1)S2. The van der Waals surface area contributed by atoms with E-state index in [0.717, 1.165) is 23.3 Å². The molecule has 0 spiro atoms. The number of thioether (sulfide) groups is 1. The molecule has 0 saturated carbocycles. The van der Waals surface area contributed by atoms with Crippen molar-refractivity contribution in [1.29, 1.82) is 0 Å². The lowest BCUT2D eigenvalue weighted by Gasteiger charge is -2.29. The number of fused-ring (bicyclic) bond motifs is 2. The van der Waals surface area contributed by atoms with Crippen molar-refractivity contribution in [3.8, 4) is 0 Å².